The van der Waals surface area contributed by atoms with E-state index in [9.17, 15) is 9.70 Å². The van der Waals surface area contributed by atoms with Crippen LogP contribution in [0.25, 0.3) is 0 Å². The summed E-state index contributed by atoms with van der Waals surface area (Å²) in [4.78, 5) is 25.3. The Morgan fingerprint density at radius 1 is 1.67 bits per heavy atom. The van der Waals surface area contributed by atoms with Crippen molar-refractivity contribution >= 4 is 5.91 Å². The van der Waals surface area contributed by atoms with Gasteiger partial charge in [0.05, 0.1) is 0 Å². The Morgan fingerprint density at radius 3 is 2.87 bits per heavy atom. The summed E-state index contributed by atoms with van der Waals surface area (Å²) in [5.74, 6) is -0.196. The molecule has 0 saturated carbocycles. The zero-order valence-corrected chi connectivity index (χ0v) is 8.60. The maximum absolute atomic E-state index is 11.2. The number of nitrogens with zero attached hydrogens (tertiary/aromatic N) is 1. The minimum Gasteiger partial charge on any atom is -0.352 e. The van der Waals surface area contributed by atoms with Gasteiger partial charge in [-0.15, -0.1) is 0 Å². The summed E-state index contributed by atoms with van der Waals surface area (Å²) in [5, 5.41) is 10.1. The molecule has 0 rings (SSSR count). The molecule has 0 heterocycles. The largest absolute Gasteiger partial charge is 0.475 e. The number of rotatable bonds is 7. The van der Waals surface area contributed by atoms with Gasteiger partial charge in [0.2, 0.25) is 5.91 Å². The first kappa shape index (κ1) is 13.2. The number of carbonyl (C=O) groups is 1. The highest BCUT2D eigenvalue weighted by atomic mass is 16.9. The maximum Gasteiger partial charge on any atom is 0.475 e. The molecule has 15 heavy (non-hydrogen) atoms. The zero-order chi connectivity index (χ0) is 11.7. The lowest BCUT2D eigenvalue weighted by molar-refractivity contribution is -0.975. The average Bonchev–Trinajstić information content (AvgIpc) is 2.16. The molecule has 0 unspecified atom stereocenters. The predicted molar refractivity (Wildman–Crippen MR) is 52.9 cm³/mol. The van der Waals surface area contributed by atoms with Gasteiger partial charge < -0.3 is 5.32 Å². The third kappa shape index (κ3) is 7.24. The molecule has 0 radical (unpaired) electrons. The molecule has 0 bridgehead atoms. The highest BCUT2D eigenvalue weighted by Gasteiger charge is 2.05. The monoisotopic (exact) mass is 215 g/mol. The molecule has 0 aromatic rings. The van der Waals surface area contributed by atoms with Crippen LogP contribution in [0.4, 0.5) is 0 Å². The van der Waals surface area contributed by atoms with Gasteiger partial charge >= 0.3 is 5.09 Å². The quantitative estimate of drug-likeness (QED) is 0.284. The van der Waals surface area contributed by atoms with Gasteiger partial charge in [-0.05, 0) is 6.92 Å². The van der Waals surface area contributed by atoms with Crippen LogP contribution >= 0.6 is 0 Å². The summed E-state index contributed by atoms with van der Waals surface area (Å²) >= 11 is 0. The lowest BCUT2D eigenvalue weighted by Gasteiger charge is -2.02. The van der Waals surface area contributed by atoms with E-state index in [0.29, 0.717) is 18.5 Å². The number of allylic oxidation sites excluding steroid dienone is 2. The Hall–Kier alpha value is -1.85. The van der Waals surface area contributed by atoms with E-state index >= 15 is 0 Å². The Labute approximate surface area is 87.7 Å². The Bertz CT molecular complexity index is 273. The maximum atomic E-state index is 11.2. The molecule has 0 aliphatic heterocycles. The van der Waals surface area contributed by atoms with Gasteiger partial charge in [-0.2, -0.15) is 4.84 Å². The molecule has 84 valence electrons. The predicted octanol–water partition coefficient (Wildman–Crippen LogP) is 0.725. The van der Waals surface area contributed by atoms with Crippen LogP contribution in [0.1, 0.15) is 13.3 Å². The van der Waals surface area contributed by atoms with E-state index < -0.39 is 5.09 Å². The van der Waals surface area contributed by atoms with Crippen LogP contribution in [0, 0.1) is 4.91 Å². The number of amides is 1. The van der Waals surface area contributed by atoms with Crippen molar-refractivity contribution in [2.75, 3.05) is 13.2 Å². The average molecular weight is 215 g/mol. The van der Waals surface area contributed by atoms with Crippen molar-refractivity contribution in [1.29, 1.82) is 0 Å². The first-order valence-corrected chi connectivity index (χ1v) is 4.44. The minimum atomic E-state index is -0.606. The molecule has 0 atom stereocenters. The second-order valence-electron chi connectivity index (χ2n) is 2.77. The van der Waals surface area contributed by atoms with Gasteiger partial charge in [0.15, 0.2) is 6.61 Å². The molecule has 0 aromatic heterocycles. The molecule has 0 aliphatic carbocycles. The number of hydrogen-bond donors (Lipinski definition) is 2. The minimum absolute atomic E-state index is 0.0461. The molecule has 6 nitrogen and oxygen atoms in total. The fraction of sp³-hybridized carbons (Fsp3) is 0.444. The van der Waals surface area contributed by atoms with Crippen molar-refractivity contribution in [2.45, 2.75) is 13.3 Å². The Morgan fingerprint density at radius 2 is 2.33 bits per heavy atom. The van der Waals surface area contributed by atoms with Gasteiger partial charge in [-0.1, -0.05) is 18.7 Å². The smallest absolute Gasteiger partial charge is 0.352 e. The van der Waals surface area contributed by atoms with Gasteiger partial charge in [-0.25, -0.2) is 5.21 Å². The van der Waals surface area contributed by atoms with Crippen molar-refractivity contribution in [2.24, 2.45) is 0 Å². The van der Waals surface area contributed by atoms with E-state index in [4.69, 9.17) is 5.21 Å². The van der Waals surface area contributed by atoms with Crippen LogP contribution in [-0.2, 0) is 9.63 Å². The standard InChI is InChI=1S/C9H14N2O4/c1-3-5-8(2)9(12)10-6-4-7-15-11(13)14/h3,5H,1,4,6-7H2,2H3,(H-,10,12,13,14)/p+1/b8-5+. The third-order valence-corrected chi connectivity index (χ3v) is 1.53. The molecule has 0 fully saturated rings. The summed E-state index contributed by atoms with van der Waals surface area (Å²) in [6.45, 7) is 5.55. The van der Waals surface area contributed by atoms with Crippen LogP contribution in [0.3, 0.4) is 0 Å². The normalized spacial score (nSPS) is 10.6. The van der Waals surface area contributed by atoms with Crippen LogP contribution in [0.2, 0.25) is 0 Å². The fourth-order valence-electron chi connectivity index (χ4n) is 0.809. The topological polar surface area (TPSA) is 78.6 Å². The van der Waals surface area contributed by atoms with E-state index in [0.717, 1.165) is 0 Å². The van der Waals surface area contributed by atoms with Crippen molar-refractivity contribution in [3.63, 3.8) is 0 Å². The number of carbonyl (C=O) groups excluding carboxylic acids is 1. The molecule has 0 saturated heterocycles. The molecule has 1 amide bonds. The van der Waals surface area contributed by atoms with Crippen molar-refractivity contribution in [1.82, 2.24) is 5.32 Å². The van der Waals surface area contributed by atoms with Crippen LogP contribution in [-0.4, -0.2) is 29.4 Å². The van der Waals surface area contributed by atoms with Crippen molar-refractivity contribution in [3.8, 4) is 0 Å². The third-order valence-electron chi connectivity index (χ3n) is 1.53. The van der Waals surface area contributed by atoms with E-state index in [1.54, 1.807) is 13.0 Å². The first-order valence-electron chi connectivity index (χ1n) is 4.44. The van der Waals surface area contributed by atoms with Crippen molar-refractivity contribution < 1.29 is 19.9 Å². The molecule has 0 aromatic carbocycles. The lowest BCUT2D eigenvalue weighted by Crippen LogP contribution is -2.26. The number of nitrogens with one attached hydrogen (secondary N) is 1. The molecule has 6 heteroatoms. The van der Waals surface area contributed by atoms with E-state index in [-0.39, 0.29) is 12.5 Å². The summed E-state index contributed by atoms with van der Waals surface area (Å²) < 4.78 is 0. The first-order chi connectivity index (χ1) is 7.07. The zero-order valence-electron chi connectivity index (χ0n) is 8.60. The van der Waals surface area contributed by atoms with Crippen LogP contribution in [0.5, 0.6) is 0 Å². The van der Waals surface area contributed by atoms with E-state index in [1.165, 1.54) is 6.08 Å². The van der Waals surface area contributed by atoms with Gasteiger partial charge in [-0.3, -0.25) is 4.79 Å². The Kier molecular flexibility index (Phi) is 6.61. The highest BCUT2D eigenvalue weighted by Crippen LogP contribution is 1.92. The van der Waals surface area contributed by atoms with Gasteiger partial charge in [0.25, 0.3) is 0 Å². The van der Waals surface area contributed by atoms with Crippen LogP contribution in [0.15, 0.2) is 24.3 Å². The molecule has 0 spiro atoms. The molecule has 0 aliphatic rings. The second-order valence-corrected chi connectivity index (χ2v) is 2.77. The Balaban J connectivity index is 3.60. The van der Waals surface area contributed by atoms with Gasteiger partial charge in [0.1, 0.15) is 4.91 Å². The summed E-state index contributed by atoms with van der Waals surface area (Å²) in [5.41, 5.74) is 0.554. The van der Waals surface area contributed by atoms with E-state index in [1.807, 2.05) is 0 Å². The highest BCUT2D eigenvalue weighted by molar-refractivity contribution is 5.92. The summed E-state index contributed by atoms with van der Waals surface area (Å²) in [7, 11) is 0. The van der Waals surface area contributed by atoms with Crippen molar-refractivity contribution in [3.05, 3.63) is 29.2 Å². The SMILES string of the molecule is C=C/C=C(\C)C(=O)NCCCO[N+](=O)O. The van der Waals surface area contributed by atoms with E-state index in [2.05, 4.69) is 16.7 Å². The fourth-order valence-corrected chi connectivity index (χ4v) is 0.809. The summed E-state index contributed by atoms with van der Waals surface area (Å²) in [6, 6.07) is 0. The second kappa shape index (κ2) is 7.54. The number of hydrogen-bond acceptors (Lipinski definition) is 3. The summed E-state index contributed by atoms with van der Waals surface area (Å²) in [6.07, 6.45) is 3.56. The van der Waals surface area contributed by atoms with Crippen LogP contribution < -0.4 is 5.32 Å². The van der Waals surface area contributed by atoms with Gasteiger partial charge in [0, 0.05) is 18.5 Å². The molecule has 2 N–H and O–H groups in total. The lowest BCUT2D eigenvalue weighted by atomic mass is 10.2. The molecular formula is C9H15N2O4+. The molecular weight excluding hydrogens is 200 g/mol.